The van der Waals surface area contributed by atoms with Crippen LogP contribution in [-0.2, 0) is 11.0 Å². The predicted octanol–water partition coefficient (Wildman–Crippen LogP) is 4.62. The maximum absolute atomic E-state index is 12.5. The first kappa shape index (κ1) is 23.7. The summed E-state index contributed by atoms with van der Waals surface area (Å²) in [4.78, 5) is 23.0. The fourth-order valence-corrected chi connectivity index (χ4v) is 3.87. The summed E-state index contributed by atoms with van der Waals surface area (Å²) in [5.41, 5.74) is 1.59. The van der Waals surface area contributed by atoms with Gasteiger partial charge < -0.3 is 15.1 Å². The summed E-state index contributed by atoms with van der Waals surface area (Å²) >= 11 is 0. The molecular weight excluding hydrogens is 398 g/mol. The fraction of sp³-hybridized carbons (Fsp3) is 0.409. The standard InChI is InChI=1S/C22H30N3O4Si/c1-22(2,3)20(29-30(4)5)15-23-14-16-10-12-17(13-11-16)21(26)24-18-8-6-7-9-19(18)25(27)28/h6-13,20,23H,14-15H2,1-5H3,(H,24,26). The largest absolute Gasteiger partial charge is 0.412 e. The van der Waals surface area contributed by atoms with Crippen molar-refractivity contribution in [2.24, 2.45) is 5.41 Å². The molecule has 1 atom stereocenters. The molecule has 0 saturated carbocycles. The van der Waals surface area contributed by atoms with E-state index in [1.54, 1.807) is 24.3 Å². The second-order valence-corrected chi connectivity index (χ2v) is 10.5. The number of nitrogens with one attached hydrogen (secondary N) is 2. The molecular formula is C22H30N3O4Si. The van der Waals surface area contributed by atoms with Gasteiger partial charge in [-0.05, 0) is 42.3 Å². The molecule has 0 saturated heterocycles. The van der Waals surface area contributed by atoms with Crippen LogP contribution in [0.25, 0.3) is 0 Å². The summed E-state index contributed by atoms with van der Waals surface area (Å²) in [6.07, 6.45) is 0.133. The maximum Gasteiger partial charge on any atom is 0.292 e. The van der Waals surface area contributed by atoms with Crippen LogP contribution in [0.4, 0.5) is 11.4 Å². The molecule has 2 aromatic rings. The molecule has 2 N–H and O–H groups in total. The van der Waals surface area contributed by atoms with Crippen LogP contribution in [-0.4, -0.2) is 32.5 Å². The number of hydrogen-bond donors (Lipinski definition) is 2. The highest BCUT2D eigenvalue weighted by molar-refractivity contribution is 6.48. The molecule has 0 bridgehead atoms. The number of carbonyl (C=O) groups excluding carboxylic acids is 1. The Kier molecular flexibility index (Phi) is 8.28. The van der Waals surface area contributed by atoms with Crippen LogP contribution < -0.4 is 10.6 Å². The third-order valence-electron chi connectivity index (χ3n) is 4.57. The van der Waals surface area contributed by atoms with E-state index in [4.69, 9.17) is 4.43 Å². The molecule has 2 rings (SSSR count). The summed E-state index contributed by atoms with van der Waals surface area (Å²) in [7, 11) is -0.785. The highest BCUT2D eigenvalue weighted by Crippen LogP contribution is 2.24. The topological polar surface area (TPSA) is 93.5 Å². The molecule has 0 aromatic heterocycles. The molecule has 0 aliphatic heterocycles. The number of hydrogen-bond acceptors (Lipinski definition) is 5. The molecule has 0 aliphatic carbocycles. The van der Waals surface area contributed by atoms with Crippen molar-refractivity contribution in [3.05, 3.63) is 69.8 Å². The smallest absolute Gasteiger partial charge is 0.292 e. The summed E-state index contributed by atoms with van der Waals surface area (Å²) in [5.74, 6) is -0.384. The van der Waals surface area contributed by atoms with Crippen LogP contribution in [0.5, 0.6) is 0 Å². The van der Waals surface area contributed by atoms with Crippen LogP contribution in [0.2, 0.25) is 13.1 Å². The van der Waals surface area contributed by atoms with Crippen molar-refractivity contribution in [1.82, 2.24) is 5.32 Å². The van der Waals surface area contributed by atoms with E-state index in [9.17, 15) is 14.9 Å². The molecule has 1 radical (unpaired) electrons. The summed E-state index contributed by atoms with van der Waals surface area (Å²) in [6.45, 7) is 12.2. The van der Waals surface area contributed by atoms with Crippen LogP contribution >= 0.6 is 0 Å². The van der Waals surface area contributed by atoms with Crippen LogP contribution in [0.3, 0.4) is 0 Å². The van der Waals surface area contributed by atoms with E-state index in [0.717, 1.165) is 12.1 Å². The second kappa shape index (κ2) is 10.5. The van der Waals surface area contributed by atoms with Gasteiger partial charge in [-0.25, -0.2) is 0 Å². The van der Waals surface area contributed by atoms with E-state index in [-0.39, 0.29) is 28.8 Å². The molecule has 8 heteroatoms. The number of nitro groups is 1. The van der Waals surface area contributed by atoms with Crippen LogP contribution in [0.15, 0.2) is 48.5 Å². The van der Waals surface area contributed by atoms with Gasteiger partial charge in [0.15, 0.2) is 0 Å². The van der Waals surface area contributed by atoms with E-state index in [1.165, 1.54) is 12.1 Å². The first-order chi connectivity index (χ1) is 14.1. The monoisotopic (exact) mass is 428 g/mol. The average molecular weight is 429 g/mol. The first-order valence-corrected chi connectivity index (χ1v) is 12.3. The summed E-state index contributed by atoms with van der Waals surface area (Å²) < 4.78 is 6.12. The van der Waals surface area contributed by atoms with E-state index < -0.39 is 14.0 Å². The van der Waals surface area contributed by atoms with E-state index in [2.05, 4.69) is 44.5 Å². The second-order valence-electron chi connectivity index (χ2n) is 8.44. The molecule has 1 amide bonds. The zero-order valence-electron chi connectivity index (χ0n) is 18.2. The number of anilines is 1. The normalized spacial score (nSPS) is 12.6. The molecule has 0 spiro atoms. The Morgan fingerprint density at radius 1 is 1.13 bits per heavy atom. The van der Waals surface area contributed by atoms with E-state index in [1.807, 2.05) is 12.1 Å². The van der Waals surface area contributed by atoms with Crippen molar-refractivity contribution in [3.63, 3.8) is 0 Å². The lowest BCUT2D eigenvalue weighted by molar-refractivity contribution is -0.383. The summed E-state index contributed by atoms with van der Waals surface area (Å²) in [6, 6.07) is 13.3. The van der Waals surface area contributed by atoms with Gasteiger partial charge in [0, 0.05) is 24.7 Å². The van der Waals surface area contributed by atoms with E-state index in [0.29, 0.717) is 12.1 Å². The minimum Gasteiger partial charge on any atom is -0.412 e. The number of para-hydroxylation sites is 2. The summed E-state index contributed by atoms with van der Waals surface area (Å²) in [5, 5.41) is 17.1. The Labute approximate surface area is 179 Å². The SMILES string of the molecule is C[Si](C)OC(CNCc1ccc(C(=O)Nc2ccccc2[N+](=O)[O-])cc1)C(C)(C)C. The molecule has 0 heterocycles. The van der Waals surface area contributed by atoms with Gasteiger partial charge in [0.05, 0.1) is 11.0 Å². The third kappa shape index (κ3) is 7.05. The Balaban J connectivity index is 1.95. The van der Waals surface area contributed by atoms with E-state index >= 15 is 0 Å². The predicted molar refractivity (Wildman–Crippen MR) is 121 cm³/mol. The molecule has 30 heavy (non-hydrogen) atoms. The zero-order valence-corrected chi connectivity index (χ0v) is 19.2. The molecule has 2 aromatic carbocycles. The lowest BCUT2D eigenvalue weighted by Crippen LogP contribution is -2.41. The number of rotatable bonds is 9. The van der Waals surface area contributed by atoms with Gasteiger partial charge in [0.25, 0.3) is 11.6 Å². The first-order valence-electron chi connectivity index (χ1n) is 9.89. The van der Waals surface area contributed by atoms with Crippen molar-refractivity contribution in [3.8, 4) is 0 Å². The highest BCUT2D eigenvalue weighted by Gasteiger charge is 2.26. The van der Waals surface area contributed by atoms with Gasteiger partial charge >= 0.3 is 0 Å². The Morgan fingerprint density at radius 2 is 1.77 bits per heavy atom. The maximum atomic E-state index is 12.5. The molecule has 161 valence electrons. The average Bonchev–Trinajstić information content (AvgIpc) is 2.67. The lowest BCUT2D eigenvalue weighted by Gasteiger charge is -2.32. The third-order valence-corrected chi connectivity index (χ3v) is 5.32. The van der Waals surface area contributed by atoms with Gasteiger partial charge in [-0.1, -0.05) is 45.0 Å². The molecule has 1 unspecified atom stereocenters. The van der Waals surface area contributed by atoms with Crippen molar-refractivity contribution < 1.29 is 14.1 Å². The minimum absolute atomic E-state index is 0.0525. The number of nitrogens with zero attached hydrogens (tertiary/aromatic N) is 1. The Morgan fingerprint density at radius 3 is 2.33 bits per heavy atom. The molecule has 0 fully saturated rings. The van der Waals surface area contributed by atoms with Gasteiger partial charge in [-0.15, -0.1) is 0 Å². The van der Waals surface area contributed by atoms with Gasteiger partial charge in [-0.2, -0.15) is 0 Å². The van der Waals surface area contributed by atoms with Gasteiger partial charge in [0.1, 0.15) is 5.69 Å². The van der Waals surface area contributed by atoms with Crippen LogP contribution in [0.1, 0.15) is 36.7 Å². The number of carbonyl (C=O) groups is 1. The van der Waals surface area contributed by atoms with Crippen molar-refractivity contribution in [2.75, 3.05) is 11.9 Å². The quantitative estimate of drug-likeness (QED) is 0.345. The van der Waals surface area contributed by atoms with Crippen molar-refractivity contribution in [1.29, 1.82) is 0 Å². The number of nitro benzene ring substituents is 1. The van der Waals surface area contributed by atoms with Crippen molar-refractivity contribution in [2.45, 2.75) is 46.5 Å². The van der Waals surface area contributed by atoms with Gasteiger partial charge in [0.2, 0.25) is 9.04 Å². The lowest BCUT2D eigenvalue weighted by atomic mass is 9.89. The molecule has 0 aliphatic rings. The fourth-order valence-electron chi connectivity index (χ4n) is 2.86. The number of amides is 1. The van der Waals surface area contributed by atoms with Crippen molar-refractivity contribution >= 4 is 26.3 Å². The Hall–Kier alpha value is -2.55. The minimum atomic E-state index is -0.785. The zero-order chi connectivity index (χ0) is 22.3. The number of benzene rings is 2. The highest BCUT2D eigenvalue weighted by atomic mass is 28.3. The van der Waals surface area contributed by atoms with Crippen LogP contribution in [0, 0.1) is 15.5 Å². The Bertz CT molecular complexity index is 863. The van der Waals surface area contributed by atoms with Gasteiger partial charge in [-0.3, -0.25) is 14.9 Å². The molecule has 7 nitrogen and oxygen atoms in total.